The molecular weight excluding hydrogens is 298 g/mol. The topological polar surface area (TPSA) is 55.2 Å². The molecule has 1 aromatic heterocycles. The van der Waals surface area contributed by atoms with Gasteiger partial charge in [-0.3, -0.25) is 10.1 Å². The van der Waals surface area contributed by atoms with Crippen molar-refractivity contribution >= 4 is 22.7 Å². The van der Waals surface area contributed by atoms with E-state index >= 15 is 0 Å². The second-order valence-electron chi connectivity index (χ2n) is 4.56. The number of hydrogen-bond acceptors (Lipinski definition) is 4. The molecule has 21 heavy (non-hydrogen) atoms. The standard InChI is InChI=1S/C14H14F2N2O2S/c1-3-10-4-5-13(21-10)8(2)17-14-11(16)6-9(15)7-12(14)18(19)20/h4-8,17H,3H2,1-2H3. The molecule has 0 spiro atoms. The van der Waals surface area contributed by atoms with Crippen LogP contribution in [0.1, 0.15) is 29.6 Å². The van der Waals surface area contributed by atoms with Gasteiger partial charge in [0.05, 0.1) is 17.0 Å². The van der Waals surface area contributed by atoms with Crippen LogP contribution in [-0.4, -0.2) is 4.92 Å². The number of hydrogen-bond donors (Lipinski definition) is 1. The molecule has 0 aliphatic carbocycles. The van der Waals surface area contributed by atoms with Gasteiger partial charge in [0.15, 0.2) is 5.82 Å². The predicted octanol–water partition coefficient (Wildman–Crippen LogP) is 4.67. The normalized spacial score (nSPS) is 12.2. The summed E-state index contributed by atoms with van der Waals surface area (Å²) in [5.74, 6) is -1.94. The second-order valence-corrected chi connectivity index (χ2v) is 5.76. The van der Waals surface area contributed by atoms with Crippen LogP contribution in [0, 0.1) is 21.7 Å². The zero-order valence-corrected chi connectivity index (χ0v) is 12.3. The third kappa shape index (κ3) is 3.36. The van der Waals surface area contributed by atoms with Gasteiger partial charge in [0.25, 0.3) is 5.69 Å². The third-order valence-corrected chi connectivity index (χ3v) is 4.46. The van der Waals surface area contributed by atoms with E-state index in [0.717, 1.165) is 11.3 Å². The molecule has 0 amide bonds. The summed E-state index contributed by atoms with van der Waals surface area (Å²) in [6.07, 6.45) is 0.891. The number of rotatable bonds is 5. The molecule has 0 bridgehead atoms. The highest BCUT2D eigenvalue weighted by Gasteiger charge is 2.22. The second kappa shape index (κ2) is 6.17. The Hall–Kier alpha value is -2.02. The fraction of sp³-hybridized carbons (Fsp3) is 0.286. The molecule has 0 aliphatic rings. The van der Waals surface area contributed by atoms with E-state index in [1.165, 1.54) is 4.88 Å². The lowest BCUT2D eigenvalue weighted by Gasteiger charge is -2.14. The minimum atomic E-state index is -0.971. The molecule has 4 nitrogen and oxygen atoms in total. The summed E-state index contributed by atoms with van der Waals surface area (Å²) in [6, 6.07) is 4.90. The molecule has 1 heterocycles. The molecule has 0 saturated carbocycles. The summed E-state index contributed by atoms with van der Waals surface area (Å²) >= 11 is 1.55. The summed E-state index contributed by atoms with van der Waals surface area (Å²) in [5.41, 5.74) is -0.896. The maximum atomic E-state index is 13.8. The van der Waals surface area contributed by atoms with E-state index in [-0.39, 0.29) is 11.7 Å². The van der Waals surface area contributed by atoms with Crippen molar-refractivity contribution in [3.63, 3.8) is 0 Å². The number of nitro benzene ring substituents is 1. The van der Waals surface area contributed by atoms with Crippen molar-refractivity contribution in [2.75, 3.05) is 5.32 Å². The van der Waals surface area contributed by atoms with Crippen LogP contribution in [0.3, 0.4) is 0 Å². The number of nitrogens with zero attached hydrogens (tertiary/aromatic N) is 1. The lowest BCUT2D eigenvalue weighted by Crippen LogP contribution is -2.09. The molecule has 0 saturated heterocycles. The first kappa shape index (κ1) is 15.4. The van der Waals surface area contributed by atoms with Crippen molar-refractivity contribution in [1.29, 1.82) is 0 Å². The summed E-state index contributed by atoms with van der Waals surface area (Å²) in [4.78, 5) is 12.2. The average Bonchev–Trinajstić information content (AvgIpc) is 2.90. The largest absolute Gasteiger partial charge is 0.370 e. The zero-order valence-electron chi connectivity index (χ0n) is 11.5. The van der Waals surface area contributed by atoms with E-state index in [4.69, 9.17) is 0 Å². The quantitative estimate of drug-likeness (QED) is 0.645. The first-order valence-corrected chi connectivity index (χ1v) is 7.22. The third-order valence-electron chi connectivity index (χ3n) is 3.05. The van der Waals surface area contributed by atoms with Crippen LogP contribution < -0.4 is 5.32 Å². The lowest BCUT2D eigenvalue weighted by atomic mass is 10.2. The number of halogens is 2. The molecule has 1 unspecified atom stereocenters. The molecule has 0 radical (unpaired) electrons. The van der Waals surface area contributed by atoms with Gasteiger partial charge in [0.1, 0.15) is 11.5 Å². The van der Waals surface area contributed by atoms with Gasteiger partial charge >= 0.3 is 0 Å². The number of nitro groups is 1. The van der Waals surface area contributed by atoms with E-state index in [9.17, 15) is 18.9 Å². The Labute approximate surface area is 124 Å². The average molecular weight is 312 g/mol. The number of anilines is 1. The van der Waals surface area contributed by atoms with Gasteiger partial charge in [-0.2, -0.15) is 0 Å². The summed E-state index contributed by atoms with van der Waals surface area (Å²) in [7, 11) is 0. The molecular formula is C14H14F2N2O2S. The smallest absolute Gasteiger partial charge is 0.298 e. The first-order valence-electron chi connectivity index (χ1n) is 6.41. The summed E-state index contributed by atoms with van der Waals surface area (Å²) < 4.78 is 26.9. The monoisotopic (exact) mass is 312 g/mol. The molecule has 1 atom stereocenters. The van der Waals surface area contributed by atoms with Crippen molar-refractivity contribution < 1.29 is 13.7 Å². The Kier molecular flexibility index (Phi) is 4.52. The van der Waals surface area contributed by atoms with Gasteiger partial charge in [-0.15, -0.1) is 11.3 Å². The number of benzene rings is 1. The van der Waals surface area contributed by atoms with E-state index in [0.29, 0.717) is 12.1 Å². The van der Waals surface area contributed by atoms with Crippen LogP contribution in [0.2, 0.25) is 0 Å². The fourth-order valence-electron chi connectivity index (χ4n) is 1.95. The minimum Gasteiger partial charge on any atom is -0.370 e. The van der Waals surface area contributed by atoms with Crippen LogP contribution in [0.4, 0.5) is 20.2 Å². The van der Waals surface area contributed by atoms with E-state index in [1.807, 2.05) is 19.1 Å². The van der Waals surface area contributed by atoms with Crippen LogP contribution in [0.5, 0.6) is 0 Å². The molecule has 1 aromatic carbocycles. The Morgan fingerprint density at radius 3 is 2.67 bits per heavy atom. The molecule has 2 rings (SSSR count). The van der Waals surface area contributed by atoms with Crippen LogP contribution >= 0.6 is 11.3 Å². The maximum absolute atomic E-state index is 13.8. The van der Waals surface area contributed by atoms with Crippen LogP contribution in [-0.2, 0) is 6.42 Å². The van der Waals surface area contributed by atoms with Crippen molar-refractivity contribution in [3.8, 4) is 0 Å². The SMILES string of the molecule is CCc1ccc(C(C)Nc2c(F)cc(F)cc2[N+](=O)[O-])s1. The Bertz CT molecular complexity index is 673. The number of aryl methyl sites for hydroxylation is 1. The van der Waals surface area contributed by atoms with Gasteiger partial charge in [0.2, 0.25) is 0 Å². The molecule has 0 fully saturated rings. The first-order chi connectivity index (χ1) is 9.92. The molecule has 0 aliphatic heterocycles. The van der Waals surface area contributed by atoms with E-state index in [1.54, 1.807) is 18.3 Å². The molecule has 2 aromatic rings. The molecule has 1 N–H and O–H groups in total. The Morgan fingerprint density at radius 1 is 1.38 bits per heavy atom. The van der Waals surface area contributed by atoms with E-state index in [2.05, 4.69) is 5.32 Å². The van der Waals surface area contributed by atoms with Crippen LogP contribution in [0.25, 0.3) is 0 Å². The Morgan fingerprint density at radius 2 is 2.10 bits per heavy atom. The van der Waals surface area contributed by atoms with Gasteiger partial charge in [-0.25, -0.2) is 8.78 Å². The predicted molar refractivity (Wildman–Crippen MR) is 78.7 cm³/mol. The lowest BCUT2D eigenvalue weighted by molar-refractivity contribution is -0.384. The Balaban J connectivity index is 2.32. The van der Waals surface area contributed by atoms with Gasteiger partial charge < -0.3 is 5.32 Å². The van der Waals surface area contributed by atoms with Crippen molar-refractivity contribution in [3.05, 3.63) is 55.8 Å². The summed E-state index contributed by atoms with van der Waals surface area (Å²) in [6.45, 7) is 3.80. The van der Waals surface area contributed by atoms with Gasteiger partial charge in [-0.1, -0.05) is 6.92 Å². The number of thiophene rings is 1. The molecule has 7 heteroatoms. The highest BCUT2D eigenvalue weighted by atomic mass is 32.1. The van der Waals surface area contributed by atoms with E-state index < -0.39 is 22.2 Å². The number of nitrogens with one attached hydrogen (secondary N) is 1. The fourth-order valence-corrected chi connectivity index (χ4v) is 2.91. The minimum absolute atomic E-state index is 0.291. The zero-order chi connectivity index (χ0) is 15.6. The van der Waals surface area contributed by atoms with Gasteiger partial charge in [-0.05, 0) is 25.5 Å². The highest BCUT2D eigenvalue weighted by Crippen LogP contribution is 2.33. The maximum Gasteiger partial charge on any atom is 0.298 e. The summed E-state index contributed by atoms with van der Waals surface area (Å²) in [5, 5.41) is 13.7. The van der Waals surface area contributed by atoms with Crippen LogP contribution in [0.15, 0.2) is 24.3 Å². The van der Waals surface area contributed by atoms with Crippen molar-refractivity contribution in [1.82, 2.24) is 0 Å². The molecule has 112 valence electrons. The van der Waals surface area contributed by atoms with Crippen molar-refractivity contribution in [2.24, 2.45) is 0 Å². The van der Waals surface area contributed by atoms with Gasteiger partial charge in [0, 0.05) is 15.8 Å². The van der Waals surface area contributed by atoms with Crippen molar-refractivity contribution in [2.45, 2.75) is 26.3 Å². The highest BCUT2D eigenvalue weighted by molar-refractivity contribution is 7.12.